The molecule has 2 aromatic carbocycles. The molecule has 0 aliphatic carbocycles. The third-order valence-electron chi connectivity index (χ3n) is 3.65. The summed E-state index contributed by atoms with van der Waals surface area (Å²) in [4.78, 5) is 16.6. The molecule has 6 heteroatoms. The predicted molar refractivity (Wildman–Crippen MR) is 97.1 cm³/mol. The van der Waals surface area contributed by atoms with E-state index in [9.17, 15) is 9.18 Å². The van der Waals surface area contributed by atoms with Gasteiger partial charge in [-0.1, -0.05) is 48.2 Å². The second kappa shape index (κ2) is 7.98. The lowest BCUT2D eigenvalue weighted by Crippen LogP contribution is -2.30. The topological polar surface area (TPSA) is 46.9 Å². The maximum Gasteiger partial charge on any atom is 0.233 e. The van der Waals surface area contributed by atoms with E-state index in [1.165, 1.54) is 23.9 Å². The van der Waals surface area contributed by atoms with Crippen LogP contribution in [0.1, 0.15) is 12.5 Å². The van der Waals surface area contributed by atoms with Crippen molar-refractivity contribution in [2.75, 3.05) is 0 Å². The third-order valence-corrected chi connectivity index (χ3v) is 4.73. The van der Waals surface area contributed by atoms with Gasteiger partial charge in [0.15, 0.2) is 5.16 Å². The van der Waals surface area contributed by atoms with Crippen molar-refractivity contribution in [3.8, 4) is 5.69 Å². The molecule has 3 aromatic rings. The normalized spacial score (nSPS) is 11.9. The van der Waals surface area contributed by atoms with Crippen LogP contribution in [0, 0.1) is 5.82 Å². The Bertz CT molecular complexity index is 851. The van der Waals surface area contributed by atoms with Gasteiger partial charge >= 0.3 is 0 Å². The molecular weight excluding hydrogens is 337 g/mol. The molecule has 0 saturated carbocycles. The number of aromatic nitrogens is 2. The molecule has 0 aliphatic rings. The Morgan fingerprint density at radius 1 is 1.24 bits per heavy atom. The van der Waals surface area contributed by atoms with Crippen LogP contribution in [0.5, 0.6) is 0 Å². The van der Waals surface area contributed by atoms with Crippen LogP contribution in [-0.4, -0.2) is 20.7 Å². The number of carbonyl (C=O) groups is 1. The van der Waals surface area contributed by atoms with Crippen molar-refractivity contribution in [3.63, 3.8) is 0 Å². The molecule has 0 saturated heterocycles. The van der Waals surface area contributed by atoms with E-state index in [0.29, 0.717) is 17.4 Å². The highest BCUT2D eigenvalue weighted by atomic mass is 32.2. The summed E-state index contributed by atoms with van der Waals surface area (Å²) in [5, 5.41) is 3.25. The lowest BCUT2D eigenvalue weighted by atomic mass is 10.2. The first-order chi connectivity index (χ1) is 12.1. The molecular formula is C19H18FN3OS. The number of halogens is 1. The standard InChI is InChI=1S/C19H18FN3OS/c1-14(18(24)22-13-15-6-3-2-4-7-15)25-19-21-10-11-23(19)17-9-5-8-16(20)12-17/h2-12,14H,13H2,1H3,(H,22,24). The number of nitrogens with zero attached hydrogens (tertiary/aromatic N) is 2. The molecule has 0 aliphatic heterocycles. The molecule has 3 rings (SSSR count). The summed E-state index contributed by atoms with van der Waals surface area (Å²) in [7, 11) is 0. The number of benzene rings is 2. The van der Waals surface area contributed by atoms with E-state index in [0.717, 1.165) is 5.56 Å². The first-order valence-corrected chi connectivity index (χ1v) is 8.79. The van der Waals surface area contributed by atoms with Crippen LogP contribution in [-0.2, 0) is 11.3 Å². The first kappa shape index (κ1) is 17.2. The van der Waals surface area contributed by atoms with Gasteiger partial charge in [0.25, 0.3) is 0 Å². The molecule has 25 heavy (non-hydrogen) atoms. The van der Waals surface area contributed by atoms with Gasteiger partial charge in [-0.15, -0.1) is 0 Å². The van der Waals surface area contributed by atoms with Gasteiger partial charge < -0.3 is 5.32 Å². The fourth-order valence-electron chi connectivity index (χ4n) is 2.34. The maximum absolute atomic E-state index is 13.4. The molecule has 1 atom stereocenters. The molecule has 0 spiro atoms. The van der Waals surface area contributed by atoms with Gasteiger partial charge in [0.05, 0.1) is 10.9 Å². The van der Waals surface area contributed by atoms with E-state index in [1.54, 1.807) is 29.1 Å². The number of nitrogens with one attached hydrogen (secondary N) is 1. The Morgan fingerprint density at radius 2 is 2.04 bits per heavy atom. The van der Waals surface area contributed by atoms with E-state index >= 15 is 0 Å². The smallest absolute Gasteiger partial charge is 0.233 e. The number of carbonyl (C=O) groups excluding carboxylic acids is 1. The predicted octanol–water partition coefficient (Wildman–Crippen LogP) is 3.81. The summed E-state index contributed by atoms with van der Waals surface area (Å²) < 4.78 is 15.2. The zero-order valence-electron chi connectivity index (χ0n) is 13.7. The van der Waals surface area contributed by atoms with Crippen LogP contribution >= 0.6 is 11.8 Å². The summed E-state index contributed by atoms with van der Waals surface area (Å²) in [6.07, 6.45) is 3.40. The van der Waals surface area contributed by atoms with Crippen LogP contribution < -0.4 is 5.32 Å². The molecule has 0 bridgehead atoms. The number of thioether (sulfide) groups is 1. The highest BCUT2D eigenvalue weighted by molar-refractivity contribution is 8.00. The monoisotopic (exact) mass is 355 g/mol. The van der Waals surface area contributed by atoms with E-state index in [1.807, 2.05) is 37.3 Å². The minimum absolute atomic E-state index is 0.0670. The van der Waals surface area contributed by atoms with Crippen LogP contribution in [0.2, 0.25) is 0 Å². The summed E-state index contributed by atoms with van der Waals surface area (Å²) >= 11 is 1.34. The van der Waals surface area contributed by atoms with Crippen molar-refractivity contribution in [2.45, 2.75) is 23.9 Å². The van der Waals surface area contributed by atoms with Crippen molar-refractivity contribution in [2.24, 2.45) is 0 Å². The van der Waals surface area contributed by atoms with E-state index in [-0.39, 0.29) is 17.0 Å². The van der Waals surface area contributed by atoms with Crippen LogP contribution in [0.3, 0.4) is 0 Å². The fraction of sp³-hybridized carbons (Fsp3) is 0.158. The van der Waals surface area contributed by atoms with Crippen LogP contribution in [0.15, 0.2) is 72.1 Å². The first-order valence-electron chi connectivity index (χ1n) is 7.91. The molecule has 1 heterocycles. The SMILES string of the molecule is CC(Sc1nccn1-c1cccc(F)c1)C(=O)NCc1ccccc1. The zero-order chi connectivity index (χ0) is 17.6. The maximum atomic E-state index is 13.4. The Hall–Kier alpha value is -2.60. The highest BCUT2D eigenvalue weighted by Crippen LogP contribution is 2.25. The average Bonchev–Trinajstić information content (AvgIpc) is 3.08. The average molecular weight is 355 g/mol. The summed E-state index contributed by atoms with van der Waals surface area (Å²) in [5.74, 6) is -0.376. The molecule has 1 aromatic heterocycles. The van der Waals surface area contributed by atoms with Gasteiger partial charge in [-0.25, -0.2) is 9.37 Å². The van der Waals surface area contributed by atoms with Gasteiger partial charge in [-0.2, -0.15) is 0 Å². The van der Waals surface area contributed by atoms with Gasteiger partial charge in [-0.05, 0) is 30.7 Å². The Labute approximate surface area is 150 Å². The third kappa shape index (κ3) is 4.48. The number of hydrogen-bond acceptors (Lipinski definition) is 3. The quantitative estimate of drug-likeness (QED) is 0.684. The minimum atomic E-state index is -0.321. The molecule has 1 amide bonds. The minimum Gasteiger partial charge on any atom is -0.351 e. The summed E-state index contributed by atoms with van der Waals surface area (Å²) in [6.45, 7) is 2.32. The molecule has 4 nitrogen and oxygen atoms in total. The number of hydrogen-bond donors (Lipinski definition) is 1. The van der Waals surface area contributed by atoms with Gasteiger partial charge in [0, 0.05) is 18.9 Å². The van der Waals surface area contributed by atoms with E-state index in [4.69, 9.17) is 0 Å². The van der Waals surface area contributed by atoms with Crippen molar-refractivity contribution in [1.29, 1.82) is 0 Å². The number of rotatable bonds is 6. The highest BCUT2D eigenvalue weighted by Gasteiger charge is 2.17. The van der Waals surface area contributed by atoms with Gasteiger partial charge in [0.1, 0.15) is 5.82 Å². The lowest BCUT2D eigenvalue weighted by molar-refractivity contribution is -0.120. The number of imidazole rings is 1. The Balaban J connectivity index is 1.64. The molecule has 1 N–H and O–H groups in total. The number of amides is 1. The van der Waals surface area contributed by atoms with Gasteiger partial charge in [0.2, 0.25) is 5.91 Å². The molecule has 128 valence electrons. The Morgan fingerprint density at radius 3 is 2.80 bits per heavy atom. The van der Waals surface area contributed by atoms with Gasteiger partial charge in [-0.3, -0.25) is 9.36 Å². The van der Waals surface area contributed by atoms with Crippen LogP contribution in [0.25, 0.3) is 5.69 Å². The van der Waals surface area contributed by atoms with E-state index in [2.05, 4.69) is 10.3 Å². The fourth-order valence-corrected chi connectivity index (χ4v) is 3.25. The summed E-state index contributed by atoms with van der Waals surface area (Å²) in [5.41, 5.74) is 1.73. The lowest BCUT2D eigenvalue weighted by Gasteiger charge is -2.13. The largest absolute Gasteiger partial charge is 0.351 e. The van der Waals surface area contributed by atoms with Crippen molar-refractivity contribution < 1.29 is 9.18 Å². The van der Waals surface area contributed by atoms with E-state index < -0.39 is 0 Å². The molecule has 0 radical (unpaired) electrons. The van der Waals surface area contributed by atoms with Crippen molar-refractivity contribution >= 4 is 17.7 Å². The van der Waals surface area contributed by atoms with Crippen molar-refractivity contribution in [1.82, 2.24) is 14.9 Å². The zero-order valence-corrected chi connectivity index (χ0v) is 14.5. The second-order valence-electron chi connectivity index (χ2n) is 5.52. The van der Waals surface area contributed by atoms with Crippen LogP contribution in [0.4, 0.5) is 4.39 Å². The second-order valence-corrected chi connectivity index (χ2v) is 6.83. The Kier molecular flexibility index (Phi) is 5.50. The van der Waals surface area contributed by atoms with Crippen molar-refractivity contribution in [3.05, 3.63) is 78.4 Å². The molecule has 1 unspecified atom stereocenters. The summed E-state index contributed by atoms with van der Waals surface area (Å²) in [6, 6.07) is 16.0. The molecule has 0 fully saturated rings.